The van der Waals surface area contributed by atoms with Crippen LogP contribution in [0.25, 0.3) is 16.2 Å². The molecule has 172 valence electrons. The fourth-order valence-electron chi connectivity index (χ4n) is 3.58. The maximum Gasteiger partial charge on any atom is 0.264 e. The maximum atomic E-state index is 13.1. The maximum absolute atomic E-state index is 13.1. The number of fused-ring (bicyclic) bond motifs is 1. The van der Waals surface area contributed by atoms with E-state index in [1.54, 1.807) is 23.7 Å². The van der Waals surface area contributed by atoms with E-state index in [0.717, 1.165) is 10.7 Å². The lowest BCUT2D eigenvalue weighted by atomic mass is 10.2. The smallest absolute Gasteiger partial charge is 0.264 e. The van der Waals surface area contributed by atoms with E-state index in [2.05, 4.69) is 20.4 Å². The SMILES string of the molecule is Cc1nc(-n2cccc2)sc1C(=O)NCCn1ncc2c(=O)n(Cc3ccc(F)cc3)cnc21. The van der Waals surface area contributed by atoms with Gasteiger partial charge in [0.2, 0.25) is 0 Å². The molecule has 0 aliphatic heterocycles. The number of amides is 1. The second-order valence-corrected chi connectivity index (χ2v) is 8.64. The molecule has 0 radical (unpaired) electrons. The normalized spacial score (nSPS) is 11.2. The van der Waals surface area contributed by atoms with Gasteiger partial charge in [-0.05, 0) is 36.8 Å². The fraction of sp³-hybridized carbons (Fsp3) is 0.174. The highest BCUT2D eigenvalue weighted by Crippen LogP contribution is 2.21. The van der Waals surface area contributed by atoms with Gasteiger partial charge in [-0.1, -0.05) is 23.5 Å². The van der Waals surface area contributed by atoms with Crippen LogP contribution >= 0.6 is 11.3 Å². The van der Waals surface area contributed by atoms with Crippen LogP contribution in [0.3, 0.4) is 0 Å². The van der Waals surface area contributed by atoms with Crippen LogP contribution in [0.15, 0.2) is 66.1 Å². The van der Waals surface area contributed by atoms with Crippen molar-refractivity contribution in [1.82, 2.24) is 34.2 Å². The molecule has 9 nitrogen and oxygen atoms in total. The van der Waals surface area contributed by atoms with Crippen LogP contribution in [0.2, 0.25) is 0 Å². The van der Waals surface area contributed by atoms with E-state index >= 15 is 0 Å². The lowest BCUT2D eigenvalue weighted by molar-refractivity contribution is 0.0955. The molecule has 5 aromatic rings. The van der Waals surface area contributed by atoms with Crippen molar-refractivity contribution in [3.8, 4) is 5.13 Å². The average molecular weight is 478 g/mol. The number of nitrogens with one attached hydrogen (secondary N) is 1. The number of carbonyl (C=O) groups excluding carboxylic acids is 1. The number of thiazole rings is 1. The van der Waals surface area contributed by atoms with Gasteiger partial charge < -0.3 is 9.88 Å². The minimum atomic E-state index is -0.329. The summed E-state index contributed by atoms with van der Waals surface area (Å²) in [5.74, 6) is -0.538. The molecule has 0 saturated heterocycles. The van der Waals surface area contributed by atoms with Crippen molar-refractivity contribution in [2.24, 2.45) is 0 Å². The lowest BCUT2D eigenvalue weighted by Gasteiger charge is -2.07. The Kier molecular flexibility index (Phi) is 5.76. The number of hydrogen-bond acceptors (Lipinski definition) is 6. The third-order valence-electron chi connectivity index (χ3n) is 5.31. The Labute approximate surface area is 197 Å². The van der Waals surface area contributed by atoms with Crippen molar-refractivity contribution >= 4 is 28.3 Å². The van der Waals surface area contributed by atoms with E-state index in [-0.39, 0.29) is 23.8 Å². The van der Waals surface area contributed by atoms with Crippen LogP contribution in [0.4, 0.5) is 4.39 Å². The second-order valence-electron chi connectivity index (χ2n) is 7.67. The average Bonchev–Trinajstić information content (AvgIpc) is 3.57. The minimum absolute atomic E-state index is 0.209. The Bertz CT molecular complexity index is 1520. The third-order valence-corrected chi connectivity index (χ3v) is 6.48. The molecular formula is C23H20FN7O2S. The number of benzene rings is 1. The van der Waals surface area contributed by atoms with E-state index in [9.17, 15) is 14.0 Å². The van der Waals surface area contributed by atoms with Crippen molar-refractivity contribution in [3.63, 3.8) is 0 Å². The van der Waals surface area contributed by atoms with Gasteiger partial charge in [-0.2, -0.15) is 5.10 Å². The number of halogens is 1. The van der Waals surface area contributed by atoms with Gasteiger partial charge in [-0.25, -0.2) is 19.0 Å². The summed E-state index contributed by atoms with van der Waals surface area (Å²) < 4.78 is 18.0. The van der Waals surface area contributed by atoms with Crippen LogP contribution in [-0.4, -0.2) is 41.3 Å². The van der Waals surface area contributed by atoms with E-state index in [1.165, 1.54) is 40.6 Å². The molecule has 0 unspecified atom stereocenters. The van der Waals surface area contributed by atoms with Gasteiger partial charge in [0, 0.05) is 18.9 Å². The molecular weight excluding hydrogens is 457 g/mol. The number of aryl methyl sites for hydroxylation is 1. The quantitative estimate of drug-likeness (QED) is 0.389. The fourth-order valence-corrected chi connectivity index (χ4v) is 4.53. The largest absolute Gasteiger partial charge is 0.349 e. The van der Waals surface area contributed by atoms with Gasteiger partial charge in [0.1, 0.15) is 22.4 Å². The van der Waals surface area contributed by atoms with Crippen LogP contribution in [0.1, 0.15) is 20.9 Å². The highest BCUT2D eigenvalue weighted by atomic mass is 32.1. The Morgan fingerprint density at radius 1 is 1.18 bits per heavy atom. The molecule has 11 heteroatoms. The Balaban J connectivity index is 1.26. The molecule has 34 heavy (non-hydrogen) atoms. The van der Waals surface area contributed by atoms with Crippen molar-refractivity contribution < 1.29 is 9.18 Å². The van der Waals surface area contributed by atoms with Crippen LogP contribution in [0.5, 0.6) is 0 Å². The van der Waals surface area contributed by atoms with Crippen molar-refractivity contribution in [2.45, 2.75) is 20.0 Å². The van der Waals surface area contributed by atoms with E-state index in [1.807, 2.05) is 29.1 Å². The summed E-state index contributed by atoms with van der Waals surface area (Å²) in [5, 5.41) is 8.26. The van der Waals surface area contributed by atoms with Gasteiger partial charge in [-0.15, -0.1) is 0 Å². The summed E-state index contributed by atoms with van der Waals surface area (Å²) in [6, 6.07) is 9.77. The topological polar surface area (TPSA) is 99.6 Å². The van der Waals surface area contributed by atoms with E-state index in [4.69, 9.17) is 0 Å². The molecule has 0 aliphatic rings. The first kappa shape index (κ1) is 21.7. The molecule has 0 saturated carbocycles. The van der Waals surface area contributed by atoms with Gasteiger partial charge in [0.25, 0.3) is 11.5 Å². The van der Waals surface area contributed by atoms with Gasteiger partial charge in [-0.3, -0.25) is 14.2 Å². The monoisotopic (exact) mass is 477 g/mol. The minimum Gasteiger partial charge on any atom is -0.349 e. The van der Waals surface area contributed by atoms with Gasteiger partial charge in [0.15, 0.2) is 10.8 Å². The number of rotatable bonds is 7. The molecule has 0 atom stereocenters. The molecule has 1 aromatic carbocycles. The molecule has 0 spiro atoms. The van der Waals surface area contributed by atoms with Crippen LogP contribution in [-0.2, 0) is 13.1 Å². The summed E-state index contributed by atoms with van der Waals surface area (Å²) in [4.78, 5) is 34.9. The second kappa shape index (κ2) is 9.02. The standard InChI is InChI=1S/C23H20FN7O2S/c1-15-19(34-23(28-15)29-9-2-3-10-29)21(32)25-8-11-31-20-18(12-27-31)22(33)30(14-26-20)13-16-4-6-17(24)7-5-16/h2-7,9-10,12,14H,8,11,13H2,1H3,(H,25,32). The highest BCUT2D eigenvalue weighted by Gasteiger charge is 2.16. The molecule has 0 aliphatic carbocycles. The first-order chi connectivity index (χ1) is 16.5. The number of nitrogens with zero attached hydrogens (tertiary/aromatic N) is 6. The first-order valence-corrected chi connectivity index (χ1v) is 11.4. The summed E-state index contributed by atoms with van der Waals surface area (Å²) in [6.07, 6.45) is 6.69. The predicted octanol–water partition coefficient (Wildman–Crippen LogP) is 2.77. The van der Waals surface area contributed by atoms with Gasteiger partial charge >= 0.3 is 0 Å². The van der Waals surface area contributed by atoms with Crippen molar-refractivity contribution in [3.05, 3.63) is 93.6 Å². The zero-order valence-corrected chi connectivity index (χ0v) is 19.0. The predicted molar refractivity (Wildman–Crippen MR) is 126 cm³/mol. The van der Waals surface area contributed by atoms with Crippen molar-refractivity contribution in [1.29, 1.82) is 0 Å². The zero-order chi connectivity index (χ0) is 23.7. The molecule has 0 fully saturated rings. The van der Waals surface area contributed by atoms with E-state index in [0.29, 0.717) is 34.7 Å². The number of carbonyl (C=O) groups is 1. The lowest BCUT2D eigenvalue weighted by Crippen LogP contribution is -2.27. The molecule has 0 bridgehead atoms. The molecule has 4 heterocycles. The molecule has 1 N–H and O–H groups in total. The Morgan fingerprint density at radius 2 is 1.94 bits per heavy atom. The summed E-state index contributed by atoms with van der Waals surface area (Å²) >= 11 is 1.32. The zero-order valence-electron chi connectivity index (χ0n) is 18.2. The van der Waals surface area contributed by atoms with Gasteiger partial charge in [0.05, 0.1) is 25.0 Å². The number of aromatic nitrogens is 6. The molecule has 5 rings (SSSR count). The van der Waals surface area contributed by atoms with Crippen LogP contribution in [0, 0.1) is 12.7 Å². The summed E-state index contributed by atoms with van der Waals surface area (Å²) in [5.41, 5.74) is 1.66. The van der Waals surface area contributed by atoms with Crippen molar-refractivity contribution in [2.75, 3.05) is 6.54 Å². The first-order valence-electron chi connectivity index (χ1n) is 10.5. The third kappa shape index (κ3) is 4.25. The molecule has 4 aromatic heterocycles. The number of hydrogen-bond donors (Lipinski definition) is 1. The molecule has 1 amide bonds. The van der Waals surface area contributed by atoms with Crippen LogP contribution < -0.4 is 10.9 Å². The van der Waals surface area contributed by atoms with E-state index < -0.39 is 0 Å². The summed E-state index contributed by atoms with van der Waals surface area (Å²) in [6.45, 7) is 2.75. The highest BCUT2D eigenvalue weighted by molar-refractivity contribution is 7.16. The Hall–Kier alpha value is -4.12. The Morgan fingerprint density at radius 3 is 2.71 bits per heavy atom. The summed E-state index contributed by atoms with van der Waals surface area (Å²) in [7, 11) is 0.